The summed E-state index contributed by atoms with van der Waals surface area (Å²) in [6.45, 7) is 2.25. The van der Waals surface area contributed by atoms with E-state index < -0.39 is 17.2 Å². The van der Waals surface area contributed by atoms with Gasteiger partial charge in [-0.15, -0.1) is 0 Å². The minimum atomic E-state index is -0.704. The van der Waals surface area contributed by atoms with Crippen LogP contribution in [0, 0.1) is 28.4 Å². The molecule has 0 aromatic heterocycles. The lowest BCUT2D eigenvalue weighted by atomic mass is 9.51. The molecule has 4 rings (SSSR count). The molecule has 0 atom stereocenters. The van der Waals surface area contributed by atoms with Gasteiger partial charge in [-0.2, -0.15) is 5.26 Å². The van der Waals surface area contributed by atoms with E-state index >= 15 is 0 Å². The van der Waals surface area contributed by atoms with Crippen molar-refractivity contribution in [1.29, 1.82) is 5.26 Å². The normalized spacial score (nSPS) is 28.1. The predicted molar refractivity (Wildman–Crippen MR) is 96.3 cm³/mol. The van der Waals surface area contributed by atoms with Crippen LogP contribution in [0.25, 0.3) is 0 Å². The van der Waals surface area contributed by atoms with Gasteiger partial charge in [0.1, 0.15) is 23.3 Å². The number of unbranched alkanes of at least 4 members (excludes halogenated alkanes) is 4. The van der Waals surface area contributed by atoms with E-state index in [1.165, 1.54) is 69.9 Å². The maximum absolute atomic E-state index is 14.1. The summed E-state index contributed by atoms with van der Waals surface area (Å²) in [7, 11) is 0. The monoisotopic (exact) mass is 345 g/mol. The second kappa shape index (κ2) is 7.44. The number of benzene rings is 1. The van der Waals surface area contributed by atoms with Gasteiger partial charge < -0.3 is 0 Å². The molecule has 0 amide bonds. The van der Waals surface area contributed by atoms with Gasteiger partial charge in [-0.25, -0.2) is 8.78 Å². The third-order valence-electron chi connectivity index (χ3n) is 6.98. The fourth-order valence-corrected chi connectivity index (χ4v) is 5.16. The van der Waals surface area contributed by atoms with E-state index in [2.05, 4.69) is 6.92 Å². The van der Waals surface area contributed by atoms with Crippen molar-refractivity contribution >= 4 is 0 Å². The van der Waals surface area contributed by atoms with Crippen molar-refractivity contribution in [3.8, 4) is 6.07 Å². The van der Waals surface area contributed by atoms with Crippen molar-refractivity contribution in [3.63, 3.8) is 0 Å². The zero-order valence-corrected chi connectivity index (χ0v) is 15.3. The predicted octanol–water partition coefficient (Wildman–Crippen LogP) is 6.79. The fourth-order valence-electron chi connectivity index (χ4n) is 5.16. The van der Waals surface area contributed by atoms with E-state index in [9.17, 15) is 8.78 Å². The third kappa shape index (κ3) is 3.59. The maximum Gasteiger partial charge on any atom is 0.144 e. The maximum atomic E-state index is 14.1. The Morgan fingerprint density at radius 3 is 2.00 bits per heavy atom. The van der Waals surface area contributed by atoms with Crippen LogP contribution in [0.15, 0.2) is 12.1 Å². The molecule has 0 radical (unpaired) electrons. The van der Waals surface area contributed by atoms with Gasteiger partial charge >= 0.3 is 0 Å². The van der Waals surface area contributed by atoms with Gasteiger partial charge in [-0.1, -0.05) is 39.0 Å². The Morgan fingerprint density at radius 1 is 0.920 bits per heavy atom. The summed E-state index contributed by atoms with van der Waals surface area (Å²) >= 11 is 0. The van der Waals surface area contributed by atoms with Crippen LogP contribution in [0.5, 0.6) is 0 Å². The second-order valence-corrected chi connectivity index (χ2v) is 8.37. The zero-order valence-electron chi connectivity index (χ0n) is 15.3. The Morgan fingerprint density at radius 2 is 1.48 bits per heavy atom. The average Bonchev–Trinajstić information content (AvgIpc) is 2.63. The molecule has 3 heteroatoms. The minimum absolute atomic E-state index is 0.0698. The summed E-state index contributed by atoms with van der Waals surface area (Å²) in [6.07, 6.45) is 14.6. The molecule has 0 N–H and O–H groups in total. The van der Waals surface area contributed by atoms with Crippen LogP contribution in [0.1, 0.15) is 95.1 Å². The van der Waals surface area contributed by atoms with Crippen LogP contribution in [-0.2, 0) is 5.41 Å². The summed E-state index contributed by atoms with van der Waals surface area (Å²) < 4.78 is 28.1. The highest BCUT2D eigenvalue weighted by Crippen LogP contribution is 2.59. The number of nitriles is 1. The highest BCUT2D eigenvalue weighted by atomic mass is 19.1. The lowest BCUT2D eigenvalue weighted by Crippen LogP contribution is -2.44. The highest BCUT2D eigenvalue weighted by Gasteiger charge is 2.49. The Labute approximate surface area is 150 Å². The van der Waals surface area contributed by atoms with E-state index in [-0.39, 0.29) is 5.41 Å². The molecular formula is C22H29F2N. The van der Waals surface area contributed by atoms with E-state index in [1.54, 1.807) is 6.07 Å². The molecule has 0 spiro atoms. The molecule has 0 heterocycles. The molecule has 0 saturated heterocycles. The molecule has 1 aromatic carbocycles. The zero-order chi connectivity index (χ0) is 17.9. The summed E-state index contributed by atoms with van der Waals surface area (Å²) in [5.41, 5.74) is 0.739. The first-order valence-electron chi connectivity index (χ1n) is 9.94. The first-order chi connectivity index (χ1) is 12.0. The van der Waals surface area contributed by atoms with E-state index in [0.29, 0.717) is 5.41 Å². The third-order valence-corrected chi connectivity index (χ3v) is 6.98. The van der Waals surface area contributed by atoms with Crippen LogP contribution in [0.3, 0.4) is 0 Å². The molecule has 2 bridgehead atoms. The van der Waals surface area contributed by atoms with Crippen LogP contribution in [0.4, 0.5) is 8.78 Å². The molecule has 3 saturated carbocycles. The SMILES string of the molecule is CCCCCCCC12CCC(c3cc(F)c(C#N)c(F)c3)(CC1)CC2. The van der Waals surface area contributed by atoms with Crippen LogP contribution in [0.2, 0.25) is 0 Å². The van der Waals surface area contributed by atoms with Crippen molar-refractivity contribution in [2.45, 2.75) is 89.4 Å². The Balaban J connectivity index is 1.66. The van der Waals surface area contributed by atoms with Gasteiger partial charge in [0.15, 0.2) is 0 Å². The van der Waals surface area contributed by atoms with Crippen LogP contribution in [-0.4, -0.2) is 0 Å². The molecular weight excluding hydrogens is 316 g/mol. The molecule has 3 aliphatic carbocycles. The van der Waals surface area contributed by atoms with Gasteiger partial charge in [0.25, 0.3) is 0 Å². The lowest BCUT2D eigenvalue weighted by molar-refractivity contribution is 0.0302. The molecule has 0 unspecified atom stereocenters. The minimum Gasteiger partial charge on any atom is -0.205 e. The number of rotatable bonds is 7. The van der Waals surface area contributed by atoms with Gasteiger partial charge in [-0.05, 0) is 73.5 Å². The van der Waals surface area contributed by atoms with Crippen molar-refractivity contribution in [3.05, 3.63) is 34.9 Å². The number of hydrogen-bond donors (Lipinski definition) is 0. The molecule has 1 aromatic rings. The van der Waals surface area contributed by atoms with Crippen LogP contribution < -0.4 is 0 Å². The smallest absolute Gasteiger partial charge is 0.144 e. The molecule has 1 nitrogen and oxygen atoms in total. The van der Waals surface area contributed by atoms with E-state index in [4.69, 9.17) is 5.26 Å². The summed E-state index contributed by atoms with van der Waals surface area (Å²) in [5.74, 6) is -1.41. The lowest BCUT2D eigenvalue weighted by Gasteiger charge is -2.54. The van der Waals surface area contributed by atoms with E-state index in [1.807, 2.05) is 0 Å². The second-order valence-electron chi connectivity index (χ2n) is 8.37. The highest BCUT2D eigenvalue weighted by molar-refractivity contribution is 5.39. The van der Waals surface area contributed by atoms with Crippen molar-refractivity contribution < 1.29 is 8.78 Å². The summed E-state index contributed by atoms with van der Waals surface area (Å²) in [6, 6.07) is 4.47. The summed E-state index contributed by atoms with van der Waals surface area (Å²) in [5, 5.41) is 8.87. The Hall–Kier alpha value is -1.43. The first kappa shape index (κ1) is 18.4. The number of halogens is 2. The molecule has 3 fully saturated rings. The van der Waals surface area contributed by atoms with Crippen molar-refractivity contribution in [2.24, 2.45) is 5.41 Å². The largest absolute Gasteiger partial charge is 0.205 e. The molecule has 3 aliphatic rings. The number of hydrogen-bond acceptors (Lipinski definition) is 1. The van der Waals surface area contributed by atoms with Gasteiger partial charge in [0, 0.05) is 0 Å². The van der Waals surface area contributed by atoms with Gasteiger partial charge in [-0.3, -0.25) is 0 Å². The first-order valence-corrected chi connectivity index (χ1v) is 9.94. The Kier molecular flexibility index (Phi) is 5.46. The van der Waals surface area contributed by atoms with E-state index in [0.717, 1.165) is 24.8 Å². The quantitative estimate of drug-likeness (QED) is 0.499. The molecule has 25 heavy (non-hydrogen) atoms. The van der Waals surface area contributed by atoms with Crippen molar-refractivity contribution in [1.82, 2.24) is 0 Å². The summed E-state index contributed by atoms with van der Waals surface area (Å²) in [4.78, 5) is 0. The molecule has 136 valence electrons. The topological polar surface area (TPSA) is 23.8 Å². The Bertz CT molecular complexity index is 611. The van der Waals surface area contributed by atoms with Crippen molar-refractivity contribution in [2.75, 3.05) is 0 Å². The standard InChI is InChI=1S/C22H29F2N/c1-2-3-4-5-6-7-21-8-11-22(12-9-21,13-10-21)17-14-19(23)18(16-25)20(24)15-17/h14-15H,2-13H2,1H3. The molecule has 0 aliphatic heterocycles. The fraction of sp³-hybridized carbons (Fsp3) is 0.682. The van der Waals surface area contributed by atoms with Crippen LogP contribution >= 0.6 is 0 Å². The number of fused-ring (bicyclic) bond motifs is 3. The van der Waals surface area contributed by atoms with Gasteiger partial charge in [0.2, 0.25) is 0 Å². The average molecular weight is 345 g/mol. The van der Waals surface area contributed by atoms with Gasteiger partial charge in [0.05, 0.1) is 0 Å². The number of nitrogens with zero attached hydrogens (tertiary/aromatic N) is 1.